The molecule has 0 atom stereocenters. The van der Waals surface area contributed by atoms with E-state index >= 15 is 0 Å². The first kappa shape index (κ1) is 19.2. The average molecular weight is 721 g/mol. The average Bonchev–Trinajstić information content (AvgIpc) is 4.04. The van der Waals surface area contributed by atoms with Crippen molar-refractivity contribution in [2.75, 3.05) is 4.90 Å². The van der Waals surface area contributed by atoms with Gasteiger partial charge in [0.2, 0.25) is 0 Å². The summed E-state index contributed by atoms with van der Waals surface area (Å²) < 4.78 is 143. The van der Waals surface area contributed by atoms with E-state index in [1.54, 1.807) is 16.2 Å². The Labute approximate surface area is 340 Å². The molecule has 2 heteroatoms. The Kier molecular flexibility index (Phi) is 3.80. The molecule has 9 aromatic rings. The molecule has 12 rings (SSSR count). The van der Waals surface area contributed by atoms with Crippen molar-refractivity contribution in [3.63, 3.8) is 0 Å². The summed E-state index contributed by atoms with van der Waals surface area (Å²) in [5.41, 5.74) is -0.211. The van der Waals surface area contributed by atoms with Gasteiger partial charge in [-0.15, -0.1) is 11.3 Å². The van der Waals surface area contributed by atoms with Crippen LogP contribution in [0.15, 0.2) is 176 Å². The topological polar surface area (TPSA) is 3.24 Å². The van der Waals surface area contributed by atoms with Crippen molar-refractivity contribution in [1.82, 2.24) is 0 Å². The molecule has 3 aliphatic rings. The van der Waals surface area contributed by atoms with E-state index in [0.717, 1.165) is 42.4 Å². The third kappa shape index (κ3) is 3.73. The molecule has 1 heterocycles. The molecule has 1 nitrogen and oxygen atoms in total. The first-order valence-corrected chi connectivity index (χ1v) is 18.5. The summed E-state index contributed by atoms with van der Waals surface area (Å²) >= 11 is 1.60. The lowest BCUT2D eigenvalue weighted by molar-refractivity contribution is 0.660. The molecule has 0 N–H and O–H groups in total. The lowest BCUT2D eigenvalue weighted by atomic mass is 9.70. The Morgan fingerprint density at radius 1 is 0.463 bits per heavy atom. The van der Waals surface area contributed by atoms with Gasteiger partial charge in [-0.2, -0.15) is 0 Å². The molecular formula is C52H35NS. The standard InChI is InChI=1S/C52H35NS/c1-51(2)41-19-8-3-14-34(41)37-28-26-33(31-46(37)51)53(32-27-29-49-40(30-32)38-17-7-12-25-48(38)54-49)47-24-13-23-45-50(47)39-18-6-11-22-44(39)52(45)42-20-9-4-15-35(42)36-16-5-10-21-43(36)52/h3-31H,1-2H3/i4D,5D,6D,9D,10D,11D,13D,15D,16D,18D,20D,21D,22D,23D,24D. The van der Waals surface area contributed by atoms with Gasteiger partial charge in [-0.1, -0.05) is 147 Å². The second-order valence-corrected chi connectivity index (χ2v) is 15.6. The number of benzene rings is 8. The van der Waals surface area contributed by atoms with E-state index in [-0.39, 0.29) is 50.2 Å². The van der Waals surface area contributed by atoms with E-state index in [9.17, 15) is 12.3 Å². The number of fused-ring (bicyclic) bond motifs is 16. The molecule has 1 spiro atoms. The highest BCUT2D eigenvalue weighted by molar-refractivity contribution is 7.25. The number of hydrogen-bond donors (Lipinski definition) is 0. The Morgan fingerprint density at radius 3 is 1.85 bits per heavy atom. The van der Waals surface area contributed by atoms with Crippen LogP contribution in [-0.4, -0.2) is 0 Å². The molecule has 0 aliphatic heterocycles. The molecule has 0 amide bonds. The quantitative estimate of drug-likeness (QED) is 0.176. The van der Waals surface area contributed by atoms with Gasteiger partial charge in [0, 0.05) is 42.5 Å². The van der Waals surface area contributed by atoms with Gasteiger partial charge in [-0.05, 0) is 104 Å². The Bertz CT molecular complexity index is 3840. The van der Waals surface area contributed by atoms with Crippen LogP contribution in [0.3, 0.4) is 0 Å². The van der Waals surface area contributed by atoms with Gasteiger partial charge in [0.15, 0.2) is 0 Å². The lowest BCUT2D eigenvalue weighted by Gasteiger charge is -2.32. The van der Waals surface area contributed by atoms with Gasteiger partial charge in [-0.25, -0.2) is 0 Å². The van der Waals surface area contributed by atoms with E-state index in [4.69, 9.17) is 8.22 Å². The first-order valence-electron chi connectivity index (χ1n) is 25.2. The predicted molar refractivity (Wildman–Crippen MR) is 228 cm³/mol. The summed E-state index contributed by atoms with van der Waals surface area (Å²) in [5.74, 6) is 0. The molecular weight excluding hydrogens is 671 g/mol. The first-order chi connectivity index (χ1) is 32.8. The van der Waals surface area contributed by atoms with Crippen molar-refractivity contribution in [2.45, 2.75) is 24.7 Å². The van der Waals surface area contributed by atoms with E-state index in [1.807, 2.05) is 72.8 Å². The molecule has 0 saturated carbocycles. The van der Waals surface area contributed by atoms with Gasteiger partial charge in [0.1, 0.15) is 0 Å². The third-order valence-corrected chi connectivity index (χ3v) is 12.7. The predicted octanol–water partition coefficient (Wildman–Crippen LogP) is 14.2. The number of anilines is 3. The van der Waals surface area contributed by atoms with Crippen molar-refractivity contribution in [2.24, 2.45) is 0 Å². The fraction of sp³-hybridized carbons (Fsp3) is 0.0769. The highest BCUT2D eigenvalue weighted by Crippen LogP contribution is 2.65. The van der Waals surface area contributed by atoms with Gasteiger partial charge in [0.25, 0.3) is 0 Å². The lowest BCUT2D eigenvalue weighted by Crippen LogP contribution is -2.26. The van der Waals surface area contributed by atoms with E-state index in [1.165, 1.54) is 0 Å². The summed E-state index contributed by atoms with van der Waals surface area (Å²) in [4.78, 5) is 1.76. The number of rotatable bonds is 3. The molecule has 1 aromatic heterocycles. The highest BCUT2D eigenvalue weighted by atomic mass is 32.1. The van der Waals surface area contributed by atoms with E-state index < -0.39 is 101 Å². The number of hydrogen-bond acceptors (Lipinski definition) is 2. The molecule has 0 radical (unpaired) electrons. The summed E-state index contributed by atoms with van der Waals surface area (Å²) in [7, 11) is 0. The normalized spacial score (nSPS) is 18.7. The van der Waals surface area contributed by atoms with Crippen molar-refractivity contribution in [3.05, 3.63) is 209 Å². The van der Waals surface area contributed by atoms with Crippen LogP contribution in [-0.2, 0) is 10.8 Å². The SMILES string of the molecule is [2H]c1c([2H])c([2H])c2c(c1[2H])-c1c([2H])c([2H])c([2H])c([2H])c1C21c2c([2H])c([2H])c([2H])c([2H])c2-c2c(N(c3ccc4c(c3)C(C)(C)c3ccccc3-4)c3ccc4sc5ccccc5c4c3)c([2H])c([2H])c([2H])c21. The summed E-state index contributed by atoms with van der Waals surface area (Å²) in [6.45, 7) is 4.24. The van der Waals surface area contributed by atoms with E-state index in [0.29, 0.717) is 11.4 Å². The van der Waals surface area contributed by atoms with Crippen molar-refractivity contribution >= 4 is 48.6 Å². The minimum Gasteiger partial charge on any atom is -0.310 e. The number of nitrogens with zero attached hydrogens (tertiary/aromatic N) is 1. The van der Waals surface area contributed by atoms with E-state index in [2.05, 4.69) is 26.0 Å². The minimum absolute atomic E-state index is 0.0713. The maximum Gasteiger partial charge on any atom is 0.0726 e. The van der Waals surface area contributed by atoms with Crippen LogP contribution >= 0.6 is 11.3 Å². The molecule has 0 unspecified atom stereocenters. The van der Waals surface area contributed by atoms with Crippen molar-refractivity contribution < 1.29 is 20.6 Å². The summed E-state index contributed by atoms with van der Waals surface area (Å²) in [6.07, 6.45) is 0. The second-order valence-electron chi connectivity index (χ2n) is 14.5. The second kappa shape index (κ2) is 10.7. The molecule has 0 bridgehead atoms. The third-order valence-electron chi connectivity index (χ3n) is 11.6. The zero-order chi connectivity index (χ0) is 48.8. The Balaban J connectivity index is 1.31. The monoisotopic (exact) mass is 720 g/mol. The van der Waals surface area contributed by atoms with Crippen LogP contribution < -0.4 is 4.90 Å². The highest BCUT2D eigenvalue weighted by Gasteiger charge is 2.52. The molecule has 8 aromatic carbocycles. The molecule has 254 valence electrons. The van der Waals surface area contributed by atoms with Crippen molar-refractivity contribution in [3.8, 4) is 33.4 Å². The fourth-order valence-corrected chi connectivity index (χ4v) is 10.4. The molecule has 0 fully saturated rings. The summed E-state index contributed by atoms with van der Waals surface area (Å²) in [6, 6.07) is 17.6. The van der Waals surface area contributed by atoms with Crippen LogP contribution in [0.4, 0.5) is 17.1 Å². The van der Waals surface area contributed by atoms with Crippen LogP contribution in [0.2, 0.25) is 0 Å². The van der Waals surface area contributed by atoms with Crippen LogP contribution in [0.25, 0.3) is 53.6 Å². The van der Waals surface area contributed by atoms with Crippen LogP contribution in [0, 0.1) is 0 Å². The molecule has 0 saturated heterocycles. The van der Waals surface area contributed by atoms with Gasteiger partial charge in [0.05, 0.1) is 31.7 Å². The molecule has 3 aliphatic carbocycles. The zero-order valence-corrected chi connectivity index (χ0v) is 29.8. The van der Waals surface area contributed by atoms with Crippen LogP contribution in [0.5, 0.6) is 0 Å². The Hall–Kier alpha value is -6.22. The van der Waals surface area contributed by atoms with Crippen molar-refractivity contribution in [1.29, 1.82) is 0 Å². The number of thiophene rings is 1. The Morgan fingerprint density at radius 2 is 1.06 bits per heavy atom. The smallest absolute Gasteiger partial charge is 0.0726 e. The zero-order valence-electron chi connectivity index (χ0n) is 43.9. The largest absolute Gasteiger partial charge is 0.310 e. The maximum absolute atomic E-state index is 10.0. The van der Waals surface area contributed by atoms with Gasteiger partial charge in [-0.3, -0.25) is 0 Å². The summed E-state index contributed by atoms with van der Waals surface area (Å²) in [5, 5.41) is 1.84. The molecule has 54 heavy (non-hydrogen) atoms. The van der Waals surface area contributed by atoms with Gasteiger partial charge < -0.3 is 4.90 Å². The fourth-order valence-electron chi connectivity index (χ4n) is 9.27. The van der Waals surface area contributed by atoms with Gasteiger partial charge >= 0.3 is 0 Å². The maximum atomic E-state index is 10.0. The minimum atomic E-state index is -2.46. The van der Waals surface area contributed by atoms with Crippen LogP contribution in [0.1, 0.15) is 67.8 Å².